The Labute approximate surface area is 181 Å². The van der Waals surface area contributed by atoms with Gasteiger partial charge in [-0.2, -0.15) is 13.2 Å². The number of hydrogen-bond acceptors (Lipinski definition) is 4. The maximum absolute atomic E-state index is 14.2. The summed E-state index contributed by atoms with van der Waals surface area (Å²) in [6.45, 7) is 2.07. The summed E-state index contributed by atoms with van der Waals surface area (Å²) in [7, 11) is 0. The van der Waals surface area contributed by atoms with Crippen LogP contribution in [0.25, 0.3) is 6.08 Å². The molecule has 1 aliphatic heterocycles. The minimum Gasteiger partial charge on any atom is -0.506 e. The number of nitrogens with one attached hydrogen (secondary N) is 2. The number of phenolic OH excluding ortho intramolecular Hbond substituents is 1. The molecule has 0 saturated carbocycles. The normalized spacial score (nSPS) is 24.9. The van der Waals surface area contributed by atoms with Gasteiger partial charge in [0.25, 0.3) is 0 Å². The summed E-state index contributed by atoms with van der Waals surface area (Å²) in [5.41, 5.74) is -1.98. The third-order valence-corrected chi connectivity index (χ3v) is 6.42. The first-order valence-electron chi connectivity index (χ1n) is 9.88. The Morgan fingerprint density at radius 3 is 2.68 bits per heavy atom. The SMILES string of the molecule is CC[C@H]1C[C@](O)(C(F)(F)F)[C@@H](Nc2ccc(F)c3c2C=CCN3)c2ccc(Cl)c(O)c21. The van der Waals surface area contributed by atoms with Crippen LogP contribution in [0.4, 0.5) is 28.9 Å². The fourth-order valence-corrected chi connectivity index (χ4v) is 4.69. The fraction of sp³-hybridized carbons (Fsp3) is 0.364. The molecule has 166 valence electrons. The van der Waals surface area contributed by atoms with Crippen molar-refractivity contribution in [3.8, 4) is 5.75 Å². The van der Waals surface area contributed by atoms with Crippen LogP contribution in [0.2, 0.25) is 5.02 Å². The molecule has 0 aromatic heterocycles. The molecule has 2 aromatic rings. The maximum Gasteiger partial charge on any atom is 0.419 e. The van der Waals surface area contributed by atoms with Crippen LogP contribution in [0.15, 0.2) is 30.3 Å². The summed E-state index contributed by atoms with van der Waals surface area (Å²) < 4.78 is 56.8. The average molecular weight is 457 g/mol. The predicted octanol–water partition coefficient (Wildman–Crippen LogP) is 5.97. The Balaban J connectivity index is 1.91. The highest BCUT2D eigenvalue weighted by molar-refractivity contribution is 6.32. The molecule has 1 heterocycles. The van der Waals surface area contributed by atoms with E-state index in [1.807, 2.05) is 0 Å². The van der Waals surface area contributed by atoms with Crippen molar-refractivity contribution in [1.82, 2.24) is 0 Å². The molecule has 0 bridgehead atoms. The van der Waals surface area contributed by atoms with Gasteiger partial charge >= 0.3 is 6.18 Å². The zero-order chi connectivity index (χ0) is 22.6. The molecular weight excluding hydrogens is 436 g/mol. The Kier molecular flexibility index (Phi) is 5.34. The Bertz CT molecular complexity index is 1060. The van der Waals surface area contributed by atoms with Crippen LogP contribution in [0.3, 0.4) is 0 Å². The molecule has 0 unspecified atom stereocenters. The van der Waals surface area contributed by atoms with E-state index in [1.54, 1.807) is 19.1 Å². The van der Waals surface area contributed by atoms with Crippen molar-refractivity contribution < 1.29 is 27.8 Å². The van der Waals surface area contributed by atoms with E-state index < -0.39 is 36.0 Å². The van der Waals surface area contributed by atoms with Gasteiger partial charge in [-0.3, -0.25) is 0 Å². The summed E-state index contributed by atoms with van der Waals surface area (Å²) in [5.74, 6) is -1.57. The number of halogens is 5. The summed E-state index contributed by atoms with van der Waals surface area (Å²) in [5, 5.41) is 27.2. The topological polar surface area (TPSA) is 64.5 Å². The number of benzene rings is 2. The number of phenols is 1. The smallest absolute Gasteiger partial charge is 0.419 e. The lowest BCUT2D eigenvalue weighted by Gasteiger charge is -2.46. The maximum atomic E-state index is 14.2. The first-order valence-corrected chi connectivity index (χ1v) is 10.3. The minimum absolute atomic E-state index is 0.0275. The highest BCUT2D eigenvalue weighted by Gasteiger charge is 2.62. The van der Waals surface area contributed by atoms with Gasteiger partial charge in [-0.1, -0.05) is 36.7 Å². The molecule has 9 heteroatoms. The van der Waals surface area contributed by atoms with Crippen LogP contribution < -0.4 is 10.6 Å². The first-order chi connectivity index (χ1) is 14.6. The summed E-state index contributed by atoms with van der Waals surface area (Å²) in [4.78, 5) is 0. The lowest BCUT2D eigenvalue weighted by atomic mass is 9.69. The molecule has 1 aliphatic carbocycles. The zero-order valence-corrected chi connectivity index (χ0v) is 17.3. The van der Waals surface area contributed by atoms with E-state index in [2.05, 4.69) is 10.6 Å². The second kappa shape index (κ2) is 7.60. The molecule has 2 aliphatic rings. The monoisotopic (exact) mass is 456 g/mol. The molecule has 0 amide bonds. The van der Waals surface area contributed by atoms with Crippen LogP contribution in [0.1, 0.15) is 48.4 Å². The summed E-state index contributed by atoms with van der Waals surface area (Å²) >= 11 is 6.03. The number of aliphatic hydroxyl groups is 1. The van der Waals surface area contributed by atoms with Crippen molar-refractivity contribution >= 4 is 29.1 Å². The number of anilines is 2. The van der Waals surface area contributed by atoms with Crippen molar-refractivity contribution in [2.24, 2.45) is 0 Å². The van der Waals surface area contributed by atoms with E-state index in [4.69, 9.17) is 11.6 Å². The number of hydrogen-bond donors (Lipinski definition) is 4. The molecule has 2 aromatic carbocycles. The van der Waals surface area contributed by atoms with Gasteiger partial charge < -0.3 is 20.8 Å². The lowest BCUT2D eigenvalue weighted by Crippen LogP contribution is -2.55. The fourth-order valence-electron chi connectivity index (χ4n) is 4.52. The van der Waals surface area contributed by atoms with Gasteiger partial charge in [0.05, 0.1) is 16.8 Å². The Morgan fingerprint density at radius 1 is 1.26 bits per heavy atom. The van der Waals surface area contributed by atoms with Crippen molar-refractivity contribution in [2.75, 3.05) is 17.2 Å². The molecule has 3 atom stereocenters. The van der Waals surface area contributed by atoms with Gasteiger partial charge in [-0.15, -0.1) is 0 Å². The van der Waals surface area contributed by atoms with E-state index in [0.717, 1.165) is 6.07 Å². The second-order valence-electron chi connectivity index (χ2n) is 7.87. The van der Waals surface area contributed by atoms with Gasteiger partial charge in [0, 0.05) is 23.4 Å². The average Bonchev–Trinajstić information content (AvgIpc) is 2.73. The molecule has 4 N–H and O–H groups in total. The van der Waals surface area contributed by atoms with E-state index in [-0.39, 0.29) is 39.7 Å². The van der Waals surface area contributed by atoms with Crippen molar-refractivity contribution in [1.29, 1.82) is 0 Å². The van der Waals surface area contributed by atoms with Crippen LogP contribution >= 0.6 is 11.6 Å². The largest absolute Gasteiger partial charge is 0.506 e. The van der Waals surface area contributed by atoms with Crippen LogP contribution in [0.5, 0.6) is 5.75 Å². The third-order valence-electron chi connectivity index (χ3n) is 6.12. The molecule has 0 fully saturated rings. The number of fused-ring (bicyclic) bond motifs is 2. The van der Waals surface area contributed by atoms with Crippen LogP contribution in [-0.4, -0.2) is 28.5 Å². The number of alkyl halides is 3. The molecular formula is C22H21ClF4N2O2. The molecule has 0 spiro atoms. The Hall–Kier alpha value is -2.45. The first kappa shape index (κ1) is 21.8. The summed E-state index contributed by atoms with van der Waals surface area (Å²) in [6, 6.07) is 3.54. The molecule has 31 heavy (non-hydrogen) atoms. The van der Waals surface area contributed by atoms with E-state index >= 15 is 0 Å². The van der Waals surface area contributed by atoms with Gasteiger partial charge in [-0.25, -0.2) is 4.39 Å². The highest BCUT2D eigenvalue weighted by atomic mass is 35.5. The van der Waals surface area contributed by atoms with Crippen molar-refractivity contribution in [3.05, 3.63) is 57.9 Å². The third kappa shape index (κ3) is 3.42. The van der Waals surface area contributed by atoms with Gasteiger partial charge in [0.1, 0.15) is 11.6 Å². The number of rotatable bonds is 3. The standard InChI is InChI=1S/C22H21ClF4N2O2/c1-2-11-10-21(31,22(25,26)27)20(13-5-6-14(23)19(30)17(11)13)29-16-8-7-15(24)18-12(16)4-3-9-28-18/h3-8,11,20,28-31H,2,9-10H2,1H3/t11-,20-,21+/m0/s1. The van der Waals surface area contributed by atoms with Crippen molar-refractivity contribution in [3.63, 3.8) is 0 Å². The molecule has 4 rings (SSSR count). The number of aromatic hydroxyl groups is 1. The van der Waals surface area contributed by atoms with Crippen LogP contribution in [0, 0.1) is 5.82 Å². The van der Waals surface area contributed by atoms with E-state index in [1.165, 1.54) is 18.2 Å². The molecule has 4 nitrogen and oxygen atoms in total. The van der Waals surface area contributed by atoms with Crippen LogP contribution in [-0.2, 0) is 0 Å². The predicted molar refractivity (Wildman–Crippen MR) is 112 cm³/mol. The lowest BCUT2D eigenvalue weighted by molar-refractivity contribution is -0.272. The highest BCUT2D eigenvalue weighted by Crippen LogP contribution is 2.56. The summed E-state index contributed by atoms with van der Waals surface area (Å²) in [6.07, 6.45) is -2.01. The van der Waals surface area contributed by atoms with Gasteiger partial charge in [-0.05, 0) is 42.5 Å². The van der Waals surface area contributed by atoms with E-state index in [9.17, 15) is 27.8 Å². The molecule has 0 radical (unpaired) electrons. The van der Waals surface area contributed by atoms with Gasteiger partial charge in [0.15, 0.2) is 5.60 Å². The Morgan fingerprint density at radius 2 is 2.00 bits per heavy atom. The van der Waals surface area contributed by atoms with Gasteiger partial charge in [0.2, 0.25) is 0 Å². The zero-order valence-electron chi connectivity index (χ0n) is 16.5. The van der Waals surface area contributed by atoms with Crippen molar-refractivity contribution in [2.45, 2.75) is 43.5 Å². The quantitative estimate of drug-likeness (QED) is 0.430. The second-order valence-corrected chi connectivity index (χ2v) is 8.28. The molecule has 0 saturated heterocycles. The minimum atomic E-state index is -4.96. The van der Waals surface area contributed by atoms with E-state index in [0.29, 0.717) is 12.1 Å².